The number of nitrogens with one attached hydrogen (secondary N) is 1. The molecule has 0 amide bonds. The lowest BCUT2D eigenvalue weighted by atomic mass is 9.74. The summed E-state index contributed by atoms with van der Waals surface area (Å²) in [5, 5.41) is 1.46. The zero-order valence-electron chi connectivity index (χ0n) is 17.5. The Labute approximate surface area is 202 Å². The van der Waals surface area contributed by atoms with Crippen molar-refractivity contribution in [3.63, 3.8) is 0 Å². The molecule has 1 aliphatic heterocycles. The topological polar surface area (TPSA) is 114 Å². The Morgan fingerprint density at radius 1 is 1.18 bits per heavy atom. The quantitative estimate of drug-likeness (QED) is 0.439. The van der Waals surface area contributed by atoms with Crippen molar-refractivity contribution in [2.24, 2.45) is 11.1 Å². The predicted octanol–water partition coefficient (Wildman–Crippen LogP) is 3.82. The third-order valence-electron chi connectivity index (χ3n) is 6.76. The second kappa shape index (κ2) is 8.05. The fraction of sp³-hybridized carbons (Fsp3) is 0.318. The van der Waals surface area contributed by atoms with Crippen LogP contribution in [0.3, 0.4) is 0 Å². The van der Waals surface area contributed by atoms with E-state index in [9.17, 15) is 4.79 Å². The van der Waals surface area contributed by atoms with E-state index in [1.807, 2.05) is 11.6 Å². The molecule has 11 heteroatoms. The highest BCUT2D eigenvalue weighted by atomic mass is 35.5. The van der Waals surface area contributed by atoms with E-state index in [1.165, 1.54) is 28.7 Å². The van der Waals surface area contributed by atoms with Gasteiger partial charge in [0.25, 0.3) is 5.56 Å². The first-order valence-corrected chi connectivity index (χ1v) is 12.7. The van der Waals surface area contributed by atoms with Crippen molar-refractivity contribution in [1.29, 1.82) is 0 Å². The molecule has 0 saturated carbocycles. The van der Waals surface area contributed by atoms with Crippen molar-refractivity contribution < 1.29 is 0 Å². The number of hydrogen-bond donors (Lipinski definition) is 2. The van der Waals surface area contributed by atoms with Crippen molar-refractivity contribution >= 4 is 51.4 Å². The van der Waals surface area contributed by atoms with Crippen LogP contribution in [0.4, 0.5) is 5.82 Å². The Morgan fingerprint density at radius 3 is 2.79 bits per heavy atom. The third kappa shape index (κ3) is 3.52. The number of benzene rings is 1. The van der Waals surface area contributed by atoms with E-state index in [2.05, 4.69) is 29.8 Å². The molecule has 1 atom stereocenters. The van der Waals surface area contributed by atoms with Crippen molar-refractivity contribution in [3.8, 4) is 0 Å². The van der Waals surface area contributed by atoms with E-state index in [1.54, 1.807) is 29.8 Å². The molecular weight excluding hydrogens is 478 g/mol. The maximum Gasteiger partial charge on any atom is 0.260 e. The number of nitrogens with two attached hydrogens (primary N) is 1. The molecule has 3 N–H and O–H groups in total. The highest BCUT2D eigenvalue weighted by molar-refractivity contribution is 7.99. The molecule has 33 heavy (non-hydrogen) atoms. The van der Waals surface area contributed by atoms with Crippen LogP contribution in [-0.4, -0.2) is 38.0 Å². The predicted molar refractivity (Wildman–Crippen MR) is 130 cm³/mol. The normalized spacial score (nSPS) is 19.3. The van der Waals surface area contributed by atoms with Gasteiger partial charge in [-0.15, -0.1) is 11.3 Å². The third-order valence-corrected chi connectivity index (χ3v) is 9.20. The Bertz CT molecular complexity index is 1400. The van der Waals surface area contributed by atoms with Gasteiger partial charge in [0.15, 0.2) is 0 Å². The average molecular weight is 498 g/mol. The number of fused-ring (bicyclic) bond motifs is 2. The van der Waals surface area contributed by atoms with Crippen LogP contribution in [0.5, 0.6) is 0 Å². The maximum atomic E-state index is 12.2. The van der Waals surface area contributed by atoms with Crippen molar-refractivity contribution in [2.75, 3.05) is 18.0 Å². The monoisotopic (exact) mass is 497 g/mol. The minimum Gasteiger partial charge on any atom is -0.355 e. The van der Waals surface area contributed by atoms with Crippen LogP contribution < -0.4 is 16.2 Å². The highest BCUT2D eigenvalue weighted by Crippen LogP contribution is 2.51. The van der Waals surface area contributed by atoms with E-state index >= 15 is 0 Å². The summed E-state index contributed by atoms with van der Waals surface area (Å²) < 4.78 is 0. The fourth-order valence-electron chi connectivity index (χ4n) is 4.87. The van der Waals surface area contributed by atoms with Crippen LogP contribution in [0.15, 0.2) is 51.1 Å². The number of piperidine rings is 1. The van der Waals surface area contributed by atoms with E-state index in [-0.39, 0.29) is 17.0 Å². The smallest absolute Gasteiger partial charge is 0.260 e. The largest absolute Gasteiger partial charge is 0.355 e. The molecule has 1 aliphatic carbocycles. The Morgan fingerprint density at radius 2 is 2.03 bits per heavy atom. The summed E-state index contributed by atoms with van der Waals surface area (Å²) in [6.07, 6.45) is 7.94. The summed E-state index contributed by atoms with van der Waals surface area (Å²) in [5.41, 5.74) is 10.1. The molecule has 0 bridgehead atoms. The molecule has 4 aromatic rings. The van der Waals surface area contributed by atoms with Gasteiger partial charge in [0.1, 0.15) is 10.8 Å². The fourth-order valence-corrected chi connectivity index (χ4v) is 6.95. The second-order valence-corrected chi connectivity index (χ2v) is 10.8. The van der Waals surface area contributed by atoms with Gasteiger partial charge in [-0.1, -0.05) is 23.4 Å². The van der Waals surface area contributed by atoms with E-state index < -0.39 is 0 Å². The van der Waals surface area contributed by atoms with Gasteiger partial charge in [-0.2, -0.15) is 0 Å². The summed E-state index contributed by atoms with van der Waals surface area (Å²) in [6.45, 7) is 1.80. The molecule has 1 fully saturated rings. The van der Waals surface area contributed by atoms with E-state index in [0.29, 0.717) is 21.0 Å². The van der Waals surface area contributed by atoms with Crippen LogP contribution in [0.2, 0.25) is 5.02 Å². The first-order chi connectivity index (χ1) is 16.0. The van der Waals surface area contributed by atoms with E-state index in [4.69, 9.17) is 17.3 Å². The maximum absolute atomic E-state index is 12.2. The molecule has 168 valence electrons. The van der Waals surface area contributed by atoms with Crippen LogP contribution in [0, 0.1) is 5.41 Å². The summed E-state index contributed by atoms with van der Waals surface area (Å²) in [5.74, 6) is 0.860. The molecule has 6 rings (SSSR count). The summed E-state index contributed by atoms with van der Waals surface area (Å²) in [6, 6.07) is 3.72. The van der Waals surface area contributed by atoms with Crippen molar-refractivity contribution in [1.82, 2.24) is 24.9 Å². The Balaban J connectivity index is 1.16. The highest BCUT2D eigenvalue weighted by Gasteiger charge is 2.47. The molecule has 8 nitrogen and oxygen atoms in total. The number of nitrogens with zero attached hydrogens (tertiary/aromatic N) is 5. The summed E-state index contributed by atoms with van der Waals surface area (Å²) in [7, 11) is 0. The Hall–Kier alpha value is -2.53. The van der Waals surface area contributed by atoms with E-state index in [0.717, 1.165) is 43.1 Å². The van der Waals surface area contributed by atoms with Crippen LogP contribution in [0.1, 0.15) is 29.5 Å². The van der Waals surface area contributed by atoms with Gasteiger partial charge in [0.2, 0.25) is 0 Å². The van der Waals surface area contributed by atoms with Gasteiger partial charge >= 0.3 is 0 Å². The number of aromatic nitrogens is 5. The number of thiazole rings is 1. The summed E-state index contributed by atoms with van der Waals surface area (Å²) >= 11 is 9.55. The van der Waals surface area contributed by atoms with Crippen molar-refractivity contribution in [2.45, 2.75) is 35.2 Å². The minimum absolute atomic E-state index is 0.0844. The minimum atomic E-state index is -0.260. The zero-order valence-corrected chi connectivity index (χ0v) is 19.9. The van der Waals surface area contributed by atoms with Crippen LogP contribution in [0.25, 0.3) is 10.9 Å². The van der Waals surface area contributed by atoms with Gasteiger partial charge in [0.05, 0.1) is 45.9 Å². The number of rotatable bonds is 3. The molecule has 1 saturated heterocycles. The second-order valence-electron chi connectivity index (χ2n) is 8.49. The number of hydrogen-bond acceptors (Lipinski definition) is 9. The lowest BCUT2D eigenvalue weighted by Crippen LogP contribution is -2.44. The first-order valence-electron chi connectivity index (χ1n) is 10.6. The van der Waals surface area contributed by atoms with Gasteiger partial charge in [-0.25, -0.2) is 19.9 Å². The van der Waals surface area contributed by atoms with Gasteiger partial charge < -0.3 is 15.6 Å². The lowest BCUT2D eigenvalue weighted by Gasteiger charge is -2.42. The van der Waals surface area contributed by atoms with Gasteiger partial charge in [-0.05, 0) is 36.8 Å². The SMILES string of the molecule is N[C@H]1c2scnc2CC12CCN(c1cnc(Sc3ccc4nc[nH]c(=O)c4c3Cl)cn1)CC2. The molecule has 0 radical (unpaired) electrons. The summed E-state index contributed by atoms with van der Waals surface area (Å²) in [4.78, 5) is 36.9. The molecule has 3 aromatic heterocycles. The zero-order chi connectivity index (χ0) is 22.6. The Kier molecular flexibility index (Phi) is 5.13. The van der Waals surface area contributed by atoms with Gasteiger partial charge in [0, 0.05) is 28.9 Å². The molecule has 1 spiro atoms. The lowest BCUT2D eigenvalue weighted by molar-refractivity contribution is 0.187. The van der Waals surface area contributed by atoms with Gasteiger partial charge in [-0.3, -0.25) is 4.79 Å². The number of aromatic amines is 1. The average Bonchev–Trinajstić information content (AvgIpc) is 3.38. The molecule has 4 heterocycles. The number of halogens is 1. The standard InChI is InChI=1S/C22H20ClN7OS2/c23-18-14(2-1-12-17(18)21(31)28-10-27-12)33-16-9-25-15(8-26-16)30-5-3-22(4-6-30)7-13-19(20(22)24)32-11-29-13/h1-2,8-11,20H,3-7,24H2,(H,27,28,31)/t20-/m0/s1. The first kappa shape index (κ1) is 21.0. The van der Waals surface area contributed by atoms with Crippen LogP contribution in [-0.2, 0) is 6.42 Å². The molecule has 2 aliphatic rings. The number of H-pyrrole nitrogens is 1. The molecular formula is C22H20ClN7OS2. The van der Waals surface area contributed by atoms with Crippen LogP contribution >= 0.6 is 34.7 Å². The van der Waals surface area contributed by atoms with Crippen molar-refractivity contribution in [3.05, 3.63) is 62.3 Å². The molecule has 0 unspecified atom stereocenters. The number of anilines is 1. The molecule has 1 aromatic carbocycles.